The number of carbonyl (C=O) groups excluding carboxylic acids is 6. The number of carbonyl (C=O) groups is 6. The number of quaternary nitrogens is 1. The van der Waals surface area contributed by atoms with E-state index in [-0.39, 0.29) is 59.8 Å². The first-order valence-electron chi connectivity index (χ1n) is 26.3. The first-order chi connectivity index (χ1) is 40.5. The molecule has 0 aliphatic carbocycles. The molecule has 4 atom stereocenters. The SMILES string of the molecule is CNC(=O)C[C@@H]1NC(=O)c2csc(n2)-c2ccc(-c3nc(C(=O)NCC[N+]4([O-])CCOCC4)cs3)nc2-c2csc(n2)-c2csc(n2)C(C(O)c2ccccc2)NC(=O)CNC(=O)c2nc(sc2COC)[C@H](C(C)C)NC(=O)c2nc1sc2C. The molecule has 7 aromatic heterocycles. The van der Waals surface area contributed by atoms with Crippen LogP contribution in [0.15, 0.2) is 64.0 Å². The van der Waals surface area contributed by atoms with Crippen molar-refractivity contribution < 1.29 is 48.0 Å². The van der Waals surface area contributed by atoms with E-state index in [9.17, 15) is 39.1 Å². The largest absolute Gasteiger partial charge is 0.633 e. The molecule has 1 fully saturated rings. The lowest BCUT2D eigenvalue weighted by molar-refractivity contribution is -0.887. The predicted molar refractivity (Wildman–Crippen MR) is 318 cm³/mol. The molecule has 2 aliphatic heterocycles. The minimum Gasteiger partial charge on any atom is -0.633 e. The summed E-state index contributed by atoms with van der Waals surface area (Å²) in [5.41, 5.74) is 2.79. The number of aromatic nitrogens is 7. The number of nitrogens with zero attached hydrogens (tertiary/aromatic N) is 8. The summed E-state index contributed by atoms with van der Waals surface area (Å²) in [5.74, 6) is -3.58. The molecule has 2 unspecified atom stereocenters. The molecule has 1 saturated heterocycles. The molecule has 24 nitrogen and oxygen atoms in total. The maximum Gasteiger partial charge on any atom is 0.271 e. The van der Waals surface area contributed by atoms with Gasteiger partial charge in [0.05, 0.1) is 68.5 Å². The van der Waals surface area contributed by atoms with Crippen molar-refractivity contribution >= 4 is 103 Å². The van der Waals surface area contributed by atoms with Crippen LogP contribution in [-0.4, -0.2) is 140 Å². The highest BCUT2D eigenvalue weighted by molar-refractivity contribution is 7.15. The van der Waals surface area contributed by atoms with E-state index in [0.717, 1.165) is 11.3 Å². The Bertz CT molecular complexity index is 3720. The molecule has 2 aliphatic rings. The Kier molecular flexibility index (Phi) is 18.8. The van der Waals surface area contributed by atoms with Gasteiger partial charge in [0.15, 0.2) is 0 Å². The lowest BCUT2D eigenvalue weighted by Gasteiger charge is -2.45. The van der Waals surface area contributed by atoms with E-state index in [0.29, 0.717) is 95.0 Å². The molecule has 10 bridgehead atoms. The Morgan fingerprint density at radius 1 is 0.750 bits per heavy atom. The van der Waals surface area contributed by atoms with E-state index in [2.05, 4.69) is 36.9 Å². The van der Waals surface area contributed by atoms with Crippen molar-refractivity contribution in [1.29, 1.82) is 0 Å². The highest BCUT2D eigenvalue weighted by Gasteiger charge is 2.33. The maximum atomic E-state index is 14.3. The Balaban J connectivity index is 1.02. The van der Waals surface area contributed by atoms with Crippen LogP contribution in [0.3, 0.4) is 0 Å². The van der Waals surface area contributed by atoms with Gasteiger partial charge in [0.2, 0.25) is 11.8 Å². The number of methoxy groups -OCH3 is 1. The normalized spacial score (nSPS) is 18.0. The summed E-state index contributed by atoms with van der Waals surface area (Å²) >= 11 is 7.13. The van der Waals surface area contributed by atoms with Crippen molar-refractivity contribution in [3.8, 4) is 43.4 Å². The summed E-state index contributed by atoms with van der Waals surface area (Å²) in [4.78, 5) is 118. The summed E-state index contributed by atoms with van der Waals surface area (Å²) < 4.78 is 10.3. The van der Waals surface area contributed by atoms with Crippen molar-refractivity contribution in [1.82, 2.24) is 66.8 Å². The molecule has 438 valence electrons. The Morgan fingerprint density at radius 3 is 2.23 bits per heavy atom. The molecule has 10 rings (SSSR count). The number of aryl methyl sites for hydroxylation is 1. The van der Waals surface area contributed by atoms with Gasteiger partial charge in [-0.05, 0) is 30.5 Å². The molecule has 0 radical (unpaired) electrons. The number of aliphatic hydroxyl groups excluding tert-OH is 1. The van der Waals surface area contributed by atoms with Gasteiger partial charge in [0.1, 0.15) is 95.1 Å². The molecular weight excluding hydrogens is 1200 g/mol. The zero-order valence-corrected chi connectivity index (χ0v) is 50.6. The number of amides is 6. The van der Waals surface area contributed by atoms with Crippen molar-refractivity contribution in [2.24, 2.45) is 5.92 Å². The van der Waals surface area contributed by atoms with E-state index in [1.165, 1.54) is 70.8 Å². The standard InChI is InChI=1S/C54H56N14O10S6/c1-26(2)39-54-67-42(36(84-54)21-77-5)47(74)57-20-38(70)64-43(44(71)28-9-7-6-8-10-28)53-63-35(25-82-53)51-60-32(22-80-51)41-29(11-12-30(58-41)50-62-33(23-81-50)45(72)56-13-14-68(76)15-17-78-18-16-68)49-61-34(24-79-49)46(73)59-31(19-37(69)55-4)52-66-40(27(3)83-52)48(75)65-39/h6-12,22-26,31,39,43-44,71H,13-21H2,1-5H3,(H,55,69)(H,56,72)(H,57,74)(H,59,73)(H,64,70)(H,65,75)/t31-,39-,43?,44?/m0/s1. The second-order valence-electron chi connectivity index (χ2n) is 19.8. The van der Waals surface area contributed by atoms with Gasteiger partial charge >= 0.3 is 0 Å². The van der Waals surface area contributed by atoms with Gasteiger partial charge in [0, 0.05) is 46.1 Å². The van der Waals surface area contributed by atoms with Crippen molar-refractivity contribution in [3.05, 3.63) is 122 Å². The van der Waals surface area contributed by atoms with Gasteiger partial charge in [-0.15, -0.1) is 68.0 Å². The third kappa shape index (κ3) is 13.6. The summed E-state index contributed by atoms with van der Waals surface area (Å²) in [7, 11) is 2.94. The van der Waals surface area contributed by atoms with Crippen LogP contribution in [-0.2, 0) is 25.7 Å². The number of rotatable bonds is 12. The minimum atomic E-state index is -1.28. The average Bonchev–Trinajstić information content (AvgIpc) is 4.55. The van der Waals surface area contributed by atoms with Crippen LogP contribution < -0.4 is 31.9 Å². The average molecular weight is 1250 g/mol. The van der Waals surface area contributed by atoms with Crippen molar-refractivity contribution in [2.75, 3.05) is 60.1 Å². The highest BCUT2D eigenvalue weighted by atomic mass is 32.1. The van der Waals surface area contributed by atoms with Crippen LogP contribution in [0.2, 0.25) is 0 Å². The number of hydrogen-bond acceptors (Lipinski definition) is 23. The molecule has 84 heavy (non-hydrogen) atoms. The number of nitrogens with one attached hydrogen (secondary N) is 6. The van der Waals surface area contributed by atoms with Gasteiger partial charge in [0.25, 0.3) is 23.6 Å². The van der Waals surface area contributed by atoms with Crippen molar-refractivity contribution in [2.45, 2.75) is 58.0 Å². The Labute approximate surface area is 504 Å². The maximum absolute atomic E-state index is 14.3. The number of aliphatic hydroxyl groups is 1. The zero-order chi connectivity index (χ0) is 59.2. The number of fused-ring (bicyclic) bond motifs is 14. The fourth-order valence-corrected chi connectivity index (χ4v) is 14.6. The molecule has 1 aromatic carbocycles. The van der Waals surface area contributed by atoms with Crippen LogP contribution in [0, 0.1) is 18.0 Å². The number of benzene rings is 1. The lowest BCUT2D eigenvalue weighted by atomic mass is 10.0. The molecule has 30 heteroatoms. The second-order valence-corrected chi connectivity index (χ2v) is 25.6. The van der Waals surface area contributed by atoms with E-state index in [4.69, 9.17) is 39.4 Å². The zero-order valence-electron chi connectivity index (χ0n) is 45.8. The fraction of sp³-hybridized carbons (Fsp3) is 0.352. The van der Waals surface area contributed by atoms with Gasteiger partial charge in [-0.2, -0.15) is 0 Å². The monoisotopic (exact) mass is 1250 g/mol. The van der Waals surface area contributed by atoms with Gasteiger partial charge in [-0.1, -0.05) is 44.2 Å². The van der Waals surface area contributed by atoms with Crippen LogP contribution >= 0.6 is 68.0 Å². The molecule has 9 heterocycles. The first kappa shape index (κ1) is 59.9. The number of hydroxylamine groups is 3. The third-order valence-electron chi connectivity index (χ3n) is 13.6. The number of hydrogen-bond donors (Lipinski definition) is 7. The number of thiazole rings is 6. The lowest BCUT2D eigenvalue weighted by Crippen LogP contribution is -2.53. The molecule has 6 amide bonds. The Morgan fingerprint density at radius 2 is 1.46 bits per heavy atom. The van der Waals surface area contributed by atoms with Crippen molar-refractivity contribution in [3.63, 3.8) is 0 Å². The highest BCUT2D eigenvalue weighted by Crippen LogP contribution is 2.40. The van der Waals surface area contributed by atoms with Gasteiger partial charge in [-0.25, -0.2) is 34.9 Å². The minimum absolute atomic E-state index is 0.00161. The molecule has 8 aromatic rings. The summed E-state index contributed by atoms with van der Waals surface area (Å²) in [6, 6.07) is 9.47. The number of pyridine rings is 1. The summed E-state index contributed by atoms with van der Waals surface area (Å²) in [5, 5.41) is 50.9. The summed E-state index contributed by atoms with van der Waals surface area (Å²) in [6.07, 6.45) is -1.50. The number of ether oxygens (including phenoxy) is 2. The van der Waals surface area contributed by atoms with E-state index in [1.54, 1.807) is 70.9 Å². The molecular formula is C54H56N14O10S6. The topological polar surface area (TPSA) is 327 Å². The smallest absolute Gasteiger partial charge is 0.271 e. The first-order valence-corrected chi connectivity index (χ1v) is 31.5. The van der Waals surface area contributed by atoms with Gasteiger partial charge in [-0.3, -0.25) is 28.8 Å². The van der Waals surface area contributed by atoms with Crippen LogP contribution in [0.5, 0.6) is 0 Å². The van der Waals surface area contributed by atoms with E-state index >= 15 is 0 Å². The fourth-order valence-electron chi connectivity index (χ4n) is 9.05. The van der Waals surface area contributed by atoms with E-state index in [1.807, 2.05) is 13.8 Å². The van der Waals surface area contributed by atoms with Crippen LogP contribution in [0.25, 0.3) is 43.4 Å². The second kappa shape index (κ2) is 26.4. The molecule has 0 saturated carbocycles. The van der Waals surface area contributed by atoms with Crippen LogP contribution in [0.1, 0.15) is 117 Å². The summed E-state index contributed by atoms with van der Waals surface area (Å²) in [6.45, 7) is 6.66. The Hall–Kier alpha value is -7.23. The third-order valence-corrected chi connectivity index (χ3v) is 19.3. The predicted octanol–water partition coefficient (Wildman–Crippen LogP) is 6.39. The quantitative estimate of drug-likeness (QED) is 0.0515. The van der Waals surface area contributed by atoms with Crippen LogP contribution in [0.4, 0.5) is 0 Å². The number of morpholine rings is 1. The van der Waals surface area contributed by atoms with Gasteiger partial charge < -0.3 is 56.3 Å². The molecule has 7 N–H and O–H groups in total. The molecule has 0 spiro atoms. The van der Waals surface area contributed by atoms with E-state index < -0.39 is 70.9 Å².